The smallest absolute Gasteiger partial charge is 0.322 e. The van der Waals surface area contributed by atoms with Gasteiger partial charge in [0.25, 0.3) is 0 Å². The number of hydrogen-bond acceptors (Lipinski definition) is 6. The minimum atomic E-state index is -3.74. The summed E-state index contributed by atoms with van der Waals surface area (Å²) in [5.74, 6) is -2.10. The highest BCUT2D eigenvalue weighted by Gasteiger charge is 2.17. The van der Waals surface area contributed by atoms with E-state index in [-0.39, 0.29) is 19.6 Å². The van der Waals surface area contributed by atoms with Crippen LogP contribution in [0.25, 0.3) is 0 Å². The van der Waals surface area contributed by atoms with E-state index in [4.69, 9.17) is 0 Å². The van der Waals surface area contributed by atoms with Crippen molar-refractivity contribution in [2.24, 2.45) is 0 Å². The van der Waals surface area contributed by atoms with E-state index in [0.717, 1.165) is 0 Å². The van der Waals surface area contributed by atoms with E-state index in [0.29, 0.717) is 0 Å². The summed E-state index contributed by atoms with van der Waals surface area (Å²) in [6.07, 6.45) is -0.0848. The number of ether oxygens (including phenoxy) is 2. The van der Waals surface area contributed by atoms with Gasteiger partial charge >= 0.3 is 11.9 Å². The van der Waals surface area contributed by atoms with Gasteiger partial charge in [-0.3, -0.25) is 9.59 Å². The molecule has 0 spiro atoms. The highest BCUT2D eigenvalue weighted by Crippen LogP contribution is 1.90. The molecule has 0 aromatic carbocycles. The zero-order chi connectivity index (χ0) is 12.6. The van der Waals surface area contributed by atoms with Gasteiger partial charge in [-0.1, -0.05) is 0 Å². The summed E-state index contributed by atoms with van der Waals surface area (Å²) in [5.41, 5.74) is 0. The zero-order valence-corrected chi connectivity index (χ0v) is 10.0. The van der Waals surface area contributed by atoms with E-state index >= 15 is 0 Å². The van der Waals surface area contributed by atoms with Crippen LogP contribution < -0.4 is 4.72 Å². The molecule has 94 valence electrons. The van der Waals surface area contributed by atoms with E-state index in [9.17, 15) is 18.0 Å². The van der Waals surface area contributed by atoms with Crippen molar-refractivity contribution in [3.8, 4) is 0 Å². The van der Waals surface area contributed by atoms with Crippen LogP contribution >= 0.6 is 0 Å². The molecule has 0 saturated carbocycles. The monoisotopic (exact) mass is 253 g/mol. The Balaban J connectivity index is 3.97. The molecule has 16 heavy (non-hydrogen) atoms. The van der Waals surface area contributed by atoms with Crippen LogP contribution in [0.2, 0.25) is 0 Å². The van der Waals surface area contributed by atoms with Gasteiger partial charge in [-0.05, 0) is 6.92 Å². The molecule has 0 atom stereocenters. The Hall–Kier alpha value is -1.15. The summed E-state index contributed by atoms with van der Waals surface area (Å²) >= 11 is 0. The average Bonchev–Trinajstić information content (AvgIpc) is 2.16. The number of carbonyl (C=O) groups excluding carboxylic acids is 2. The summed E-state index contributed by atoms with van der Waals surface area (Å²) < 4.78 is 33.3. The van der Waals surface area contributed by atoms with Crippen LogP contribution in [-0.2, 0) is 29.1 Å². The van der Waals surface area contributed by atoms with E-state index < -0.39 is 27.7 Å². The quantitative estimate of drug-likeness (QED) is 0.586. The number of sulfonamides is 1. The van der Waals surface area contributed by atoms with E-state index in [1.165, 1.54) is 7.11 Å². The Morgan fingerprint density at radius 3 is 2.38 bits per heavy atom. The second-order valence-electron chi connectivity index (χ2n) is 2.78. The lowest BCUT2D eigenvalue weighted by Gasteiger charge is -2.05. The number of hydrogen-bond donors (Lipinski definition) is 1. The van der Waals surface area contributed by atoms with Crippen LogP contribution in [0.5, 0.6) is 0 Å². The van der Waals surface area contributed by atoms with Crippen molar-refractivity contribution in [3.05, 3.63) is 0 Å². The van der Waals surface area contributed by atoms with Gasteiger partial charge in [0.2, 0.25) is 10.0 Å². The van der Waals surface area contributed by atoms with Gasteiger partial charge in [-0.2, -0.15) is 0 Å². The Morgan fingerprint density at radius 2 is 1.88 bits per heavy atom. The highest BCUT2D eigenvalue weighted by atomic mass is 32.2. The third kappa shape index (κ3) is 7.18. The van der Waals surface area contributed by atoms with Crippen LogP contribution in [0, 0.1) is 0 Å². The summed E-state index contributed by atoms with van der Waals surface area (Å²) in [6.45, 7) is 1.60. The molecule has 0 fully saturated rings. The molecule has 0 radical (unpaired) electrons. The van der Waals surface area contributed by atoms with Crippen molar-refractivity contribution in [1.82, 2.24) is 4.72 Å². The first-order valence-electron chi connectivity index (χ1n) is 4.61. The van der Waals surface area contributed by atoms with Crippen molar-refractivity contribution >= 4 is 22.0 Å². The van der Waals surface area contributed by atoms with Crippen molar-refractivity contribution < 1.29 is 27.5 Å². The van der Waals surface area contributed by atoms with E-state index in [2.05, 4.69) is 14.2 Å². The van der Waals surface area contributed by atoms with Gasteiger partial charge in [-0.15, -0.1) is 0 Å². The number of nitrogens with one attached hydrogen (secondary N) is 1. The number of rotatable bonds is 7. The summed E-state index contributed by atoms with van der Waals surface area (Å²) in [4.78, 5) is 21.6. The fourth-order valence-electron chi connectivity index (χ4n) is 0.819. The summed E-state index contributed by atoms with van der Waals surface area (Å²) in [6, 6.07) is 0. The van der Waals surface area contributed by atoms with Crippen molar-refractivity contribution in [2.45, 2.75) is 13.3 Å². The molecule has 0 saturated heterocycles. The van der Waals surface area contributed by atoms with Crippen molar-refractivity contribution in [1.29, 1.82) is 0 Å². The maximum absolute atomic E-state index is 11.2. The molecule has 0 heterocycles. The van der Waals surface area contributed by atoms with Crippen LogP contribution in [0.3, 0.4) is 0 Å². The Labute approximate surface area is 94.2 Å². The minimum absolute atomic E-state index is 0.0848. The molecular weight excluding hydrogens is 238 g/mol. The molecule has 0 bridgehead atoms. The van der Waals surface area contributed by atoms with Crippen molar-refractivity contribution in [3.63, 3.8) is 0 Å². The fraction of sp³-hybridized carbons (Fsp3) is 0.750. The Bertz CT molecular complexity index is 336. The topological polar surface area (TPSA) is 98.8 Å². The van der Waals surface area contributed by atoms with Crippen LogP contribution in [-0.4, -0.2) is 46.4 Å². The average molecular weight is 253 g/mol. The normalized spacial score (nSPS) is 10.9. The van der Waals surface area contributed by atoms with E-state index in [1.54, 1.807) is 6.92 Å². The molecule has 8 heteroatoms. The standard InChI is InChI=1S/C8H15NO6S/c1-3-15-8(11)6-16(12,13)9-5-4-7(10)14-2/h9H,3-6H2,1-2H3. The maximum atomic E-state index is 11.2. The van der Waals surface area contributed by atoms with Gasteiger partial charge in [-0.25, -0.2) is 13.1 Å². The fourth-order valence-corrected chi connectivity index (χ4v) is 1.73. The largest absolute Gasteiger partial charge is 0.469 e. The highest BCUT2D eigenvalue weighted by molar-refractivity contribution is 7.90. The molecule has 0 unspecified atom stereocenters. The van der Waals surface area contributed by atoms with Gasteiger partial charge in [0.1, 0.15) is 0 Å². The molecule has 0 aliphatic heterocycles. The molecule has 0 aliphatic carbocycles. The maximum Gasteiger partial charge on any atom is 0.322 e. The molecule has 0 aromatic rings. The SMILES string of the molecule is CCOC(=O)CS(=O)(=O)NCCC(=O)OC. The lowest BCUT2D eigenvalue weighted by molar-refractivity contribution is -0.141. The van der Waals surface area contributed by atoms with Crippen LogP contribution in [0.1, 0.15) is 13.3 Å². The molecular formula is C8H15NO6S. The summed E-state index contributed by atoms with van der Waals surface area (Å²) in [5, 5.41) is 0. The second kappa shape index (κ2) is 7.18. The van der Waals surface area contributed by atoms with Crippen LogP contribution in [0.15, 0.2) is 0 Å². The molecule has 7 nitrogen and oxygen atoms in total. The minimum Gasteiger partial charge on any atom is -0.469 e. The van der Waals surface area contributed by atoms with Gasteiger partial charge in [0, 0.05) is 6.54 Å². The molecule has 0 rings (SSSR count). The van der Waals surface area contributed by atoms with Crippen molar-refractivity contribution in [2.75, 3.05) is 26.0 Å². The Kier molecular flexibility index (Phi) is 6.66. The predicted octanol–water partition coefficient (Wildman–Crippen LogP) is -0.968. The number of carbonyl (C=O) groups is 2. The van der Waals surface area contributed by atoms with Gasteiger partial charge < -0.3 is 9.47 Å². The third-order valence-corrected chi connectivity index (χ3v) is 2.75. The predicted molar refractivity (Wildman–Crippen MR) is 55.1 cm³/mol. The third-order valence-electron chi connectivity index (χ3n) is 1.49. The van der Waals surface area contributed by atoms with Gasteiger partial charge in [0.05, 0.1) is 20.1 Å². The number of esters is 2. The second-order valence-corrected chi connectivity index (χ2v) is 4.59. The lowest BCUT2D eigenvalue weighted by Crippen LogP contribution is -2.32. The molecule has 0 aliphatic rings. The number of methoxy groups -OCH3 is 1. The van der Waals surface area contributed by atoms with Gasteiger partial charge in [0.15, 0.2) is 5.75 Å². The Morgan fingerprint density at radius 1 is 1.25 bits per heavy atom. The van der Waals surface area contributed by atoms with Crippen LogP contribution in [0.4, 0.5) is 0 Å². The molecule has 1 N–H and O–H groups in total. The first-order valence-corrected chi connectivity index (χ1v) is 6.26. The molecule has 0 amide bonds. The molecule has 0 aromatic heterocycles. The van der Waals surface area contributed by atoms with E-state index in [1.807, 2.05) is 0 Å². The lowest BCUT2D eigenvalue weighted by atomic mass is 10.4. The zero-order valence-electron chi connectivity index (χ0n) is 9.19. The summed E-state index contributed by atoms with van der Waals surface area (Å²) in [7, 11) is -2.54. The first-order chi connectivity index (χ1) is 7.41. The first kappa shape index (κ1) is 14.8.